The van der Waals surface area contributed by atoms with Crippen LogP contribution in [0.15, 0.2) is 18.3 Å². The summed E-state index contributed by atoms with van der Waals surface area (Å²) in [6, 6.07) is 3.96. The first-order valence-corrected chi connectivity index (χ1v) is 4.44. The van der Waals surface area contributed by atoms with Gasteiger partial charge in [0.1, 0.15) is 6.10 Å². The first-order valence-electron chi connectivity index (χ1n) is 4.44. The molecule has 2 nitrogen and oxygen atoms in total. The van der Waals surface area contributed by atoms with Gasteiger partial charge in [-0.3, -0.25) is 0 Å². The van der Waals surface area contributed by atoms with Crippen molar-refractivity contribution in [3.63, 3.8) is 0 Å². The lowest BCUT2D eigenvalue weighted by atomic mass is 9.96. The molecule has 0 bridgehead atoms. The standard InChI is InChI=1S/C10H13NO/c1-8-5-6-11-10(7-8)12-9-3-2-4-9/h5-7,9H,2-4H2,1H3. The Kier molecular flexibility index (Phi) is 1.98. The van der Waals surface area contributed by atoms with Crippen LogP contribution in [-0.2, 0) is 0 Å². The molecule has 64 valence electrons. The Balaban J connectivity index is 2.02. The average Bonchev–Trinajstić information content (AvgIpc) is 1.97. The van der Waals surface area contributed by atoms with Gasteiger partial charge in [-0.05, 0) is 37.8 Å². The van der Waals surface area contributed by atoms with Crippen molar-refractivity contribution < 1.29 is 4.74 Å². The summed E-state index contributed by atoms with van der Waals surface area (Å²) >= 11 is 0. The Morgan fingerprint density at radius 1 is 1.50 bits per heavy atom. The molecule has 1 aromatic rings. The van der Waals surface area contributed by atoms with Gasteiger partial charge in [-0.15, -0.1) is 0 Å². The first kappa shape index (κ1) is 7.59. The highest BCUT2D eigenvalue weighted by molar-refractivity contribution is 5.19. The van der Waals surface area contributed by atoms with E-state index in [4.69, 9.17) is 4.74 Å². The number of rotatable bonds is 2. The number of aromatic nitrogens is 1. The van der Waals surface area contributed by atoms with Gasteiger partial charge in [0.15, 0.2) is 0 Å². The highest BCUT2D eigenvalue weighted by atomic mass is 16.5. The molecule has 0 unspecified atom stereocenters. The van der Waals surface area contributed by atoms with Gasteiger partial charge in [0.2, 0.25) is 5.88 Å². The quantitative estimate of drug-likeness (QED) is 0.667. The van der Waals surface area contributed by atoms with Crippen molar-refractivity contribution in [2.45, 2.75) is 32.3 Å². The van der Waals surface area contributed by atoms with E-state index in [9.17, 15) is 0 Å². The minimum atomic E-state index is 0.430. The lowest BCUT2D eigenvalue weighted by Gasteiger charge is -2.25. The number of hydrogen-bond donors (Lipinski definition) is 0. The van der Waals surface area contributed by atoms with Crippen molar-refractivity contribution in [3.05, 3.63) is 23.9 Å². The molecular weight excluding hydrogens is 150 g/mol. The minimum Gasteiger partial charge on any atom is -0.474 e. The van der Waals surface area contributed by atoms with Crippen LogP contribution in [0.1, 0.15) is 24.8 Å². The van der Waals surface area contributed by atoms with Gasteiger partial charge in [0.25, 0.3) is 0 Å². The summed E-state index contributed by atoms with van der Waals surface area (Å²) in [5, 5.41) is 0. The van der Waals surface area contributed by atoms with Crippen LogP contribution in [0.3, 0.4) is 0 Å². The fraction of sp³-hybridized carbons (Fsp3) is 0.500. The first-order chi connectivity index (χ1) is 5.84. The topological polar surface area (TPSA) is 22.1 Å². The Morgan fingerprint density at radius 3 is 2.92 bits per heavy atom. The monoisotopic (exact) mass is 163 g/mol. The van der Waals surface area contributed by atoms with E-state index in [0.717, 1.165) is 5.88 Å². The van der Waals surface area contributed by atoms with Crippen LogP contribution in [0.2, 0.25) is 0 Å². The van der Waals surface area contributed by atoms with E-state index in [1.54, 1.807) is 6.20 Å². The molecule has 1 aliphatic rings. The zero-order chi connectivity index (χ0) is 8.39. The van der Waals surface area contributed by atoms with E-state index in [2.05, 4.69) is 11.9 Å². The molecule has 0 aliphatic heterocycles. The van der Waals surface area contributed by atoms with Crippen molar-refractivity contribution in [1.82, 2.24) is 4.98 Å². The Bertz CT molecular complexity index is 268. The van der Waals surface area contributed by atoms with E-state index in [-0.39, 0.29) is 0 Å². The molecule has 1 aromatic heterocycles. The molecule has 2 rings (SSSR count). The highest BCUT2D eigenvalue weighted by Crippen LogP contribution is 2.23. The highest BCUT2D eigenvalue weighted by Gasteiger charge is 2.19. The normalized spacial score (nSPS) is 17.1. The van der Waals surface area contributed by atoms with Crippen molar-refractivity contribution in [1.29, 1.82) is 0 Å². The SMILES string of the molecule is Cc1ccnc(OC2CCC2)c1. The van der Waals surface area contributed by atoms with Crippen molar-refractivity contribution in [2.75, 3.05) is 0 Å². The smallest absolute Gasteiger partial charge is 0.213 e. The van der Waals surface area contributed by atoms with Gasteiger partial charge in [-0.2, -0.15) is 0 Å². The summed E-state index contributed by atoms with van der Waals surface area (Å²) in [6.07, 6.45) is 5.91. The number of aryl methyl sites for hydroxylation is 1. The third-order valence-corrected chi connectivity index (χ3v) is 2.23. The van der Waals surface area contributed by atoms with E-state index in [0.29, 0.717) is 6.10 Å². The molecular formula is C10H13NO. The Morgan fingerprint density at radius 2 is 2.33 bits per heavy atom. The van der Waals surface area contributed by atoms with Gasteiger partial charge in [0, 0.05) is 12.3 Å². The van der Waals surface area contributed by atoms with Crippen LogP contribution in [0, 0.1) is 6.92 Å². The number of nitrogens with zero attached hydrogens (tertiary/aromatic N) is 1. The van der Waals surface area contributed by atoms with Gasteiger partial charge in [0.05, 0.1) is 0 Å². The van der Waals surface area contributed by atoms with Gasteiger partial charge in [-0.25, -0.2) is 4.98 Å². The molecule has 0 aromatic carbocycles. The predicted octanol–water partition coefficient (Wildman–Crippen LogP) is 2.32. The predicted molar refractivity (Wildman–Crippen MR) is 47.2 cm³/mol. The van der Waals surface area contributed by atoms with E-state index in [1.165, 1.54) is 24.8 Å². The van der Waals surface area contributed by atoms with Gasteiger partial charge < -0.3 is 4.74 Å². The molecule has 1 aliphatic carbocycles. The summed E-state index contributed by atoms with van der Waals surface area (Å²) < 4.78 is 5.62. The maximum absolute atomic E-state index is 5.62. The van der Waals surface area contributed by atoms with Crippen LogP contribution < -0.4 is 4.74 Å². The van der Waals surface area contributed by atoms with Crippen LogP contribution in [0.25, 0.3) is 0 Å². The Hall–Kier alpha value is -1.05. The van der Waals surface area contributed by atoms with Crippen molar-refractivity contribution in [3.8, 4) is 5.88 Å². The molecule has 12 heavy (non-hydrogen) atoms. The number of ether oxygens (including phenoxy) is 1. The van der Waals surface area contributed by atoms with Gasteiger partial charge >= 0.3 is 0 Å². The third kappa shape index (κ3) is 1.58. The van der Waals surface area contributed by atoms with E-state index in [1.807, 2.05) is 12.1 Å². The molecule has 0 N–H and O–H groups in total. The summed E-state index contributed by atoms with van der Waals surface area (Å²) in [6.45, 7) is 2.05. The maximum atomic E-state index is 5.62. The zero-order valence-electron chi connectivity index (χ0n) is 7.29. The largest absolute Gasteiger partial charge is 0.474 e. The number of hydrogen-bond acceptors (Lipinski definition) is 2. The molecule has 2 heteroatoms. The molecule has 1 fully saturated rings. The number of pyridine rings is 1. The van der Waals surface area contributed by atoms with Gasteiger partial charge in [-0.1, -0.05) is 0 Å². The van der Waals surface area contributed by atoms with Crippen LogP contribution in [-0.4, -0.2) is 11.1 Å². The molecule has 0 saturated heterocycles. The van der Waals surface area contributed by atoms with E-state index >= 15 is 0 Å². The average molecular weight is 163 g/mol. The summed E-state index contributed by atoms with van der Waals surface area (Å²) in [7, 11) is 0. The maximum Gasteiger partial charge on any atom is 0.213 e. The van der Waals surface area contributed by atoms with Crippen LogP contribution in [0.5, 0.6) is 5.88 Å². The molecule has 0 atom stereocenters. The van der Waals surface area contributed by atoms with Crippen LogP contribution >= 0.6 is 0 Å². The Labute approximate surface area is 72.6 Å². The second kappa shape index (κ2) is 3.13. The van der Waals surface area contributed by atoms with Crippen LogP contribution in [0.4, 0.5) is 0 Å². The molecule has 0 amide bonds. The second-order valence-electron chi connectivity index (χ2n) is 3.34. The fourth-order valence-corrected chi connectivity index (χ4v) is 1.23. The third-order valence-electron chi connectivity index (χ3n) is 2.23. The second-order valence-corrected chi connectivity index (χ2v) is 3.34. The fourth-order valence-electron chi connectivity index (χ4n) is 1.23. The molecule has 0 spiro atoms. The lowest BCUT2D eigenvalue weighted by Crippen LogP contribution is -2.24. The zero-order valence-corrected chi connectivity index (χ0v) is 7.29. The molecule has 1 saturated carbocycles. The summed E-state index contributed by atoms with van der Waals surface area (Å²) in [5.41, 5.74) is 1.21. The van der Waals surface area contributed by atoms with Crippen molar-refractivity contribution in [2.24, 2.45) is 0 Å². The molecule has 1 heterocycles. The minimum absolute atomic E-state index is 0.430. The summed E-state index contributed by atoms with van der Waals surface area (Å²) in [4.78, 5) is 4.14. The van der Waals surface area contributed by atoms with E-state index < -0.39 is 0 Å². The van der Waals surface area contributed by atoms with Crippen molar-refractivity contribution >= 4 is 0 Å². The lowest BCUT2D eigenvalue weighted by molar-refractivity contribution is 0.114. The summed E-state index contributed by atoms with van der Waals surface area (Å²) in [5.74, 6) is 0.778. The molecule has 0 radical (unpaired) electrons.